The molecule has 1 aromatic heterocycles. The van der Waals surface area contributed by atoms with E-state index in [1.165, 1.54) is 18.9 Å². The third-order valence-electron chi connectivity index (χ3n) is 5.76. The highest BCUT2D eigenvalue weighted by Gasteiger charge is 2.21. The van der Waals surface area contributed by atoms with Gasteiger partial charge in [-0.3, -0.25) is 4.98 Å². The van der Waals surface area contributed by atoms with Crippen molar-refractivity contribution in [1.29, 1.82) is 0 Å². The molecule has 4 nitrogen and oxygen atoms in total. The van der Waals surface area contributed by atoms with Gasteiger partial charge in [0.2, 0.25) is 0 Å². The highest BCUT2D eigenvalue weighted by molar-refractivity contribution is 5.92. The predicted octanol–water partition coefficient (Wildman–Crippen LogP) is 4.86. The summed E-state index contributed by atoms with van der Waals surface area (Å²) in [5.41, 5.74) is 3.00. The number of aryl methyl sites for hydroxylation is 1. The van der Waals surface area contributed by atoms with Crippen LogP contribution in [0.5, 0.6) is 0 Å². The molecule has 0 radical (unpaired) electrons. The minimum atomic E-state index is -0.193. The van der Waals surface area contributed by atoms with Crippen molar-refractivity contribution < 1.29 is 4.39 Å². The number of nitrogens with one attached hydrogen (secondary N) is 1. The average Bonchev–Trinajstić information content (AvgIpc) is 2.75. The Balaban J connectivity index is 0.00000145. The SMILES string of the molecule is CC.CCN(CC)CCNCC1CCN(c2cc(C)nc3ccc(F)cc23)CC1. The lowest BCUT2D eigenvalue weighted by Crippen LogP contribution is -2.39. The van der Waals surface area contributed by atoms with Gasteiger partial charge in [-0.15, -0.1) is 0 Å². The third kappa shape index (κ3) is 6.65. The minimum absolute atomic E-state index is 0.193. The van der Waals surface area contributed by atoms with E-state index in [0.29, 0.717) is 0 Å². The highest BCUT2D eigenvalue weighted by atomic mass is 19.1. The molecular formula is C24H39FN4. The Morgan fingerprint density at radius 2 is 1.83 bits per heavy atom. The summed E-state index contributed by atoms with van der Waals surface area (Å²) in [5.74, 6) is 0.533. The number of hydrogen-bond acceptors (Lipinski definition) is 4. The quantitative estimate of drug-likeness (QED) is 0.639. The van der Waals surface area contributed by atoms with E-state index in [4.69, 9.17) is 0 Å². The largest absolute Gasteiger partial charge is 0.371 e. The van der Waals surface area contributed by atoms with Crippen molar-refractivity contribution in [2.45, 2.75) is 47.5 Å². The molecule has 3 rings (SSSR count). The van der Waals surface area contributed by atoms with Crippen LogP contribution in [0.15, 0.2) is 24.3 Å². The molecule has 0 aliphatic carbocycles. The molecule has 29 heavy (non-hydrogen) atoms. The first-order valence-corrected chi connectivity index (χ1v) is 11.4. The molecule has 1 fully saturated rings. The van der Waals surface area contributed by atoms with E-state index in [0.717, 1.165) is 74.0 Å². The fourth-order valence-corrected chi connectivity index (χ4v) is 4.03. The fourth-order valence-electron chi connectivity index (χ4n) is 4.03. The highest BCUT2D eigenvalue weighted by Crippen LogP contribution is 2.30. The number of piperidine rings is 1. The van der Waals surface area contributed by atoms with Gasteiger partial charge in [0.05, 0.1) is 5.52 Å². The Kier molecular flexibility index (Phi) is 9.82. The monoisotopic (exact) mass is 402 g/mol. The number of fused-ring (bicyclic) bond motifs is 1. The maximum Gasteiger partial charge on any atom is 0.124 e. The van der Waals surface area contributed by atoms with Crippen molar-refractivity contribution in [1.82, 2.24) is 15.2 Å². The number of likely N-dealkylation sites (N-methyl/N-ethyl adjacent to an activating group) is 1. The molecule has 1 aliphatic heterocycles. The first-order chi connectivity index (χ1) is 14.1. The van der Waals surface area contributed by atoms with Crippen molar-refractivity contribution in [3.8, 4) is 0 Å². The number of benzene rings is 1. The van der Waals surface area contributed by atoms with Crippen molar-refractivity contribution >= 4 is 16.6 Å². The molecule has 2 aromatic rings. The van der Waals surface area contributed by atoms with E-state index < -0.39 is 0 Å². The van der Waals surface area contributed by atoms with E-state index in [2.05, 4.69) is 40.0 Å². The van der Waals surface area contributed by atoms with Gasteiger partial charge in [0, 0.05) is 42.9 Å². The zero-order valence-electron chi connectivity index (χ0n) is 19.0. The Labute approximate surface area is 176 Å². The van der Waals surface area contributed by atoms with Crippen LogP contribution in [-0.2, 0) is 0 Å². The molecule has 162 valence electrons. The Bertz CT molecular complexity index is 737. The second-order valence-corrected chi connectivity index (χ2v) is 7.61. The first-order valence-electron chi connectivity index (χ1n) is 11.4. The van der Waals surface area contributed by atoms with Gasteiger partial charge in [0.1, 0.15) is 5.82 Å². The minimum Gasteiger partial charge on any atom is -0.371 e. The molecule has 0 bridgehead atoms. The first kappa shape index (κ1) is 23.6. The standard InChI is InChI=1S/C22H33FN4.C2H6/c1-4-26(5-2)13-10-24-16-18-8-11-27(12-9-18)22-14-17(3)25-21-7-6-19(23)15-20(21)22;1-2/h6-7,14-15,18,24H,4-5,8-13,16H2,1-3H3;1-2H3. The van der Waals surface area contributed by atoms with E-state index in [9.17, 15) is 4.39 Å². The van der Waals surface area contributed by atoms with E-state index in [-0.39, 0.29) is 5.82 Å². The van der Waals surface area contributed by atoms with Crippen LogP contribution in [0.3, 0.4) is 0 Å². The second kappa shape index (κ2) is 12.1. The van der Waals surface area contributed by atoms with Gasteiger partial charge in [-0.05, 0) is 69.6 Å². The summed E-state index contributed by atoms with van der Waals surface area (Å²) in [6, 6.07) is 7.00. The van der Waals surface area contributed by atoms with Gasteiger partial charge in [0.25, 0.3) is 0 Å². The van der Waals surface area contributed by atoms with Gasteiger partial charge >= 0.3 is 0 Å². The molecule has 2 heterocycles. The molecule has 0 atom stereocenters. The maximum atomic E-state index is 13.8. The molecule has 0 spiro atoms. The summed E-state index contributed by atoms with van der Waals surface area (Å²) in [5, 5.41) is 4.56. The number of hydrogen-bond donors (Lipinski definition) is 1. The summed E-state index contributed by atoms with van der Waals surface area (Å²) in [6.07, 6.45) is 2.35. The van der Waals surface area contributed by atoms with Crippen LogP contribution in [0.4, 0.5) is 10.1 Å². The van der Waals surface area contributed by atoms with Crippen molar-refractivity contribution in [3.63, 3.8) is 0 Å². The molecule has 5 heteroatoms. The van der Waals surface area contributed by atoms with Crippen LogP contribution in [0, 0.1) is 18.7 Å². The topological polar surface area (TPSA) is 31.4 Å². The number of halogens is 1. The van der Waals surface area contributed by atoms with Crippen LogP contribution in [-0.4, -0.2) is 55.7 Å². The van der Waals surface area contributed by atoms with Crippen molar-refractivity contribution in [2.75, 3.05) is 50.7 Å². The van der Waals surface area contributed by atoms with Crippen molar-refractivity contribution in [2.24, 2.45) is 5.92 Å². The molecule has 1 aliphatic rings. The maximum absolute atomic E-state index is 13.8. The van der Waals surface area contributed by atoms with Gasteiger partial charge < -0.3 is 15.1 Å². The number of aromatic nitrogens is 1. The summed E-state index contributed by atoms with van der Waals surface area (Å²) in [7, 11) is 0. The van der Waals surface area contributed by atoms with Crippen LogP contribution in [0.25, 0.3) is 10.9 Å². The van der Waals surface area contributed by atoms with Gasteiger partial charge in [0.15, 0.2) is 0 Å². The summed E-state index contributed by atoms with van der Waals surface area (Å²) < 4.78 is 13.8. The summed E-state index contributed by atoms with van der Waals surface area (Å²) in [4.78, 5) is 9.41. The van der Waals surface area contributed by atoms with Gasteiger partial charge in [-0.1, -0.05) is 27.7 Å². The number of rotatable bonds is 8. The van der Waals surface area contributed by atoms with Crippen molar-refractivity contribution in [3.05, 3.63) is 35.8 Å². The van der Waals surface area contributed by atoms with Crippen LogP contribution in [0.2, 0.25) is 0 Å². The molecule has 1 N–H and O–H groups in total. The molecule has 1 aromatic carbocycles. The number of nitrogens with zero attached hydrogens (tertiary/aromatic N) is 3. The Morgan fingerprint density at radius 1 is 1.14 bits per heavy atom. The molecule has 0 unspecified atom stereocenters. The molecule has 1 saturated heterocycles. The van der Waals surface area contributed by atoms with E-state index in [1.807, 2.05) is 20.8 Å². The van der Waals surface area contributed by atoms with E-state index >= 15 is 0 Å². The Hall–Kier alpha value is -1.72. The zero-order chi connectivity index (χ0) is 21.2. The van der Waals surface area contributed by atoms with Crippen LogP contribution >= 0.6 is 0 Å². The lowest BCUT2D eigenvalue weighted by Gasteiger charge is -2.34. The third-order valence-corrected chi connectivity index (χ3v) is 5.76. The predicted molar refractivity (Wildman–Crippen MR) is 123 cm³/mol. The summed E-state index contributed by atoms with van der Waals surface area (Å²) >= 11 is 0. The fraction of sp³-hybridized carbons (Fsp3) is 0.625. The van der Waals surface area contributed by atoms with Gasteiger partial charge in [-0.2, -0.15) is 0 Å². The number of anilines is 1. The lowest BCUT2D eigenvalue weighted by molar-refractivity contribution is 0.294. The normalized spacial score (nSPS) is 14.9. The zero-order valence-corrected chi connectivity index (χ0v) is 19.0. The van der Waals surface area contributed by atoms with Crippen LogP contribution < -0.4 is 10.2 Å². The lowest BCUT2D eigenvalue weighted by atomic mass is 9.96. The van der Waals surface area contributed by atoms with E-state index in [1.54, 1.807) is 12.1 Å². The van der Waals surface area contributed by atoms with Crippen LogP contribution in [0.1, 0.15) is 46.2 Å². The molecular weight excluding hydrogens is 363 g/mol. The smallest absolute Gasteiger partial charge is 0.124 e. The molecule has 0 amide bonds. The molecule has 0 saturated carbocycles. The number of pyridine rings is 1. The Morgan fingerprint density at radius 3 is 2.48 bits per heavy atom. The average molecular weight is 403 g/mol. The van der Waals surface area contributed by atoms with Gasteiger partial charge in [-0.25, -0.2) is 4.39 Å². The second-order valence-electron chi connectivity index (χ2n) is 7.61. The summed E-state index contributed by atoms with van der Waals surface area (Å²) in [6.45, 7) is 18.0.